The second-order valence-electron chi connectivity index (χ2n) is 9.10. The molecule has 3 N–H and O–H groups in total. The van der Waals surface area contributed by atoms with Gasteiger partial charge in [-0.05, 0) is 38.1 Å². The predicted molar refractivity (Wildman–Crippen MR) is 126 cm³/mol. The van der Waals surface area contributed by atoms with E-state index < -0.39 is 60.5 Å². The molecule has 1 fully saturated rings. The van der Waals surface area contributed by atoms with Gasteiger partial charge in [-0.3, -0.25) is 4.79 Å². The second-order valence-corrected chi connectivity index (χ2v) is 9.10. The van der Waals surface area contributed by atoms with Crippen molar-refractivity contribution in [2.24, 2.45) is 0 Å². The van der Waals surface area contributed by atoms with E-state index >= 15 is 0 Å². The quantitative estimate of drug-likeness (QED) is 0.483. The second kappa shape index (κ2) is 11.4. The van der Waals surface area contributed by atoms with Crippen molar-refractivity contribution in [3.8, 4) is 0 Å². The van der Waals surface area contributed by atoms with Gasteiger partial charge in [0.05, 0.1) is 22.8 Å². The van der Waals surface area contributed by atoms with Gasteiger partial charge >= 0.3 is 11.9 Å². The fourth-order valence-corrected chi connectivity index (χ4v) is 4.04. The summed E-state index contributed by atoms with van der Waals surface area (Å²) in [4.78, 5) is 36.9. The minimum Gasteiger partial charge on any atom is -0.459 e. The van der Waals surface area contributed by atoms with Gasteiger partial charge in [0.25, 0.3) is 0 Å². The molecule has 188 valence electrons. The predicted octanol–water partition coefficient (Wildman–Crippen LogP) is 1.86. The lowest BCUT2D eigenvalue weighted by Gasteiger charge is -2.47. The molecule has 1 saturated heterocycles. The number of hydrogen-bond acceptors (Lipinski definition) is 8. The highest BCUT2D eigenvalue weighted by Gasteiger charge is 2.49. The van der Waals surface area contributed by atoms with Crippen LogP contribution in [0.25, 0.3) is 0 Å². The van der Waals surface area contributed by atoms with Crippen LogP contribution in [0.15, 0.2) is 60.7 Å². The molecule has 0 aromatic heterocycles. The summed E-state index contributed by atoms with van der Waals surface area (Å²) >= 11 is 0. The number of carbonyl (C=O) groups is 3. The third-order valence-corrected chi connectivity index (χ3v) is 5.67. The van der Waals surface area contributed by atoms with E-state index in [1.54, 1.807) is 74.5 Å². The summed E-state index contributed by atoms with van der Waals surface area (Å²) < 4.78 is 16.9. The van der Waals surface area contributed by atoms with Crippen LogP contribution in [0.5, 0.6) is 0 Å². The summed E-state index contributed by atoms with van der Waals surface area (Å²) in [5.74, 6) is -1.68. The number of esters is 2. The molecule has 2 unspecified atom stereocenters. The number of nitrogens with one attached hydrogen (secondary N) is 1. The molecule has 0 aliphatic carbocycles. The summed E-state index contributed by atoms with van der Waals surface area (Å²) in [6, 6.07) is 15.7. The molecule has 9 nitrogen and oxygen atoms in total. The summed E-state index contributed by atoms with van der Waals surface area (Å²) in [6.07, 6.45) is -4.86. The van der Waals surface area contributed by atoms with Gasteiger partial charge in [-0.2, -0.15) is 0 Å². The van der Waals surface area contributed by atoms with E-state index in [-0.39, 0.29) is 6.42 Å². The molecule has 5 atom stereocenters. The number of benzene rings is 2. The van der Waals surface area contributed by atoms with Crippen LogP contribution in [-0.4, -0.2) is 70.7 Å². The molecule has 0 spiro atoms. The fourth-order valence-electron chi connectivity index (χ4n) is 4.04. The Labute approximate surface area is 204 Å². The maximum absolute atomic E-state index is 12.7. The Morgan fingerprint density at radius 1 is 1.00 bits per heavy atom. The highest BCUT2D eigenvalue weighted by Crippen LogP contribution is 2.33. The Morgan fingerprint density at radius 3 is 2.09 bits per heavy atom. The number of carbonyl (C=O) groups excluding carboxylic acids is 3. The number of rotatable bonds is 8. The Kier molecular flexibility index (Phi) is 8.61. The first-order valence-electron chi connectivity index (χ1n) is 11.4. The van der Waals surface area contributed by atoms with Crippen molar-refractivity contribution in [1.82, 2.24) is 5.32 Å². The Morgan fingerprint density at radius 2 is 1.54 bits per heavy atom. The van der Waals surface area contributed by atoms with Crippen LogP contribution in [0, 0.1) is 0 Å². The van der Waals surface area contributed by atoms with Crippen molar-refractivity contribution in [2.75, 3.05) is 6.61 Å². The molecule has 35 heavy (non-hydrogen) atoms. The zero-order valence-electron chi connectivity index (χ0n) is 19.9. The normalized spacial score (nSPS) is 22.9. The van der Waals surface area contributed by atoms with E-state index in [4.69, 9.17) is 14.2 Å². The smallest absolute Gasteiger partial charge is 0.338 e. The van der Waals surface area contributed by atoms with Gasteiger partial charge in [0.15, 0.2) is 0 Å². The summed E-state index contributed by atoms with van der Waals surface area (Å²) in [5, 5.41) is 24.2. The average molecular weight is 486 g/mol. The Bertz CT molecular complexity index is 1010. The fraction of sp³-hybridized carbons (Fsp3) is 0.423. The molecule has 1 heterocycles. The van der Waals surface area contributed by atoms with E-state index in [2.05, 4.69) is 5.32 Å². The molecule has 2 aromatic carbocycles. The van der Waals surface area contributed by atoms with Crippen molar-refractivity contribution in [1.29, 1.82) is 0 Å². The van der Waals surface area contributed by atoms with Gasteiger partial charge < -0.3 is 29.7 Å². The lowest BCUT2D eigenvalue weighted by molar-refractivity contribution is -0.210. The zero-order chi connectivity index (χ0) is 25.6. The molecular formula is C26H31NO8. The average Bonchev–Trinajstić information content (AvgIpc) is 2.83. The van der Waals surface area contributed by atoms with Crippen LogP contribution in [0.3, 0.4) is 0 Å². The molecule has 0 bridgehead atoms. The number of ether oxygens (including phenoxy) is 3. The van der Waals surface area contributed by atoms with Gasteiger partial charge in [-0.15, -0.1) is 0 Å². The van der Waals surface area contributed by atoms with E-state index in [9.17, 15) is 24.6 Å². The molecule has 9 heteroatoms. The molecular weight excluding hydrogens is 454 g/mol. The minimum atomic E-state index is -1.56. The van der Waals surface area contributed by atoms with E-state index in [0.717, 1.165) is 0 Å². The van der Waals surface area contributed by atoms with Crippen molar-refractivity contribution in [2.45, 2.75) is 63.3 Å². The highest BCUT2D eigenvalue weighted by atomic mass is 16.6. The highest BCUT2D eigenvalue weighted by molar-refractivity contribution is 5.89. The van der Waals surface area contributed by atoms with Crippen molar-refractivity contribution in [3.63, 3.8) is 0 Å². The van der Waals surface area contributed by atoms with Gasteiger partial charge in [0.2, 0.25) is 5.91 Å². The molecule has 1 aliphatic heterocycles. The standard InChI is InChI=1S/C26H31NO8/c1-16(28)27-21-20(34-25(32)18-12-8-5-9-13-18)14-26(2,3)35-23(21)22(30)19(29)15-33-24(31)17-10-6-4-7-11-17/h4-13,19-23,29-30H,14-15H2,1-3H3,(H,27,28)/t19-,20-,21?,22-,23?/m1/s1. The summed E-state index contributed by atoms with van der Waals surface area (Å²) in [5.41, 5.74) is -0.223. The number of amides is 1. The SMILES string of the molecule is CC(=O)NC1C([C@H](O)[C@H](O)COC(=O)c2ccccc2)OC(C)(C)C[C@H]1OC(=O)c1ccccc1. The third-order valence-electron chi connectivity index (χ3n) is 5.67. The van der Waals surface area contributed by atoms with Crippen LogP contribution >= 0.6 is 0 Å². The summed E-state index contributed by atoms with van der Waals surface area (Å²) in [7, 11) is 0. The van der Waals surface area contributed by atoms with Gasteiger partial charge in [-0.25, -0.2) is 9.59 Å². The maximum atomic E-state index is 12.7. The molecule has 2 aromatic rings. The number of aliphatic hydroxyl groups excluding tert-OH is 2. The van der Waals surface area contributed by atoms with E-state index in [0.29, 0.717) is 11.1 Å². The van der Waals surface area contributed by atoms with Crippen molar-refractivity contribution < 1.29 is 38.8 Å². The lowest BCUT2D eigenvalue weighted by Crippen LogP contribution is -2.65. The maximum Gasteiger partial charge on any atom is 0.338 e. The van der Waals surface area contributed by atoms with Gasteiger partial charge in [-0.1, -0.05) is 36.4 Å². The Hall–Kier alpha value is -3.27. The minimum absolute atomic E-state index is 0.235. The third kappa shape index (κ3) is 7.11. The lowest BCUT2D eigenvalue weighted by atomic mass is 9.85. The number of hydrogen-bond donors (Lipinski definition) is 3. The van der Waals surface area contributed by atoms with Crippen LogP contribution in [0.1, 0.15) is 47.9 Å². The first-order chi connectivity index (χ1) is 16.6. The van der Waals surface area contributed by atoms with Gasteiger partial charge in [0, 0.05) is 13.3 Å². The van der Waals surface area contributed by atoms with Crippen LogP contribution in [-0.2, 0) is 19.0 Å². The van der Waals surface area contributed by atoms with Crippen LogP contribution < -0.4 is 5.32 Å². The molecule has 1 amide bonds. The van der Waals surface area contributed by atoms with Gasteiger partial charge in [0.1, 0.15) is 31.0 Å². The first-order valence-corrected chi connectivity index (χ1v) is 11.4. The molecule has 0 saturated carbocycles. The number of aliphatic hydroxyl groups is 2. The topological polar surface area (TPSA) is 131 Å². The van der Waals surface area contributed by atoms with Crippen molar-refractivity contribution >= 4 is 17.8 Å². The van der Waals surface area contributed by atoms with Crippen LogP contribution in [0.2, 0.25) is 0 Å². The zero-order valence-corrected chi connectivity index (χ0v) is 19.9. The summed E-state index contributed by atoms with van der Waals surface area (Å²) in [6.45, 7) is 4.29. The first kappa shape index (κ1) is 26.3. The van der Waals surface area contributed by atoms with E-state index in [1.807, 2.05) is 0 Å². The largest absolute Gasteiger partial charge is 0.459 e. The Balaban J connectivity index is 1.75. The monoisotopic (exact) mass is 485 g/mol. The molecule has 1 aliphatic rings. The van der Waals surface area contributed by atoms with Crippen LogP contribution in [0.4, 0.5) is 0 Å². The van der Waals surface area contributed by atoms with E-state index in [1.165, 1.54) is 6.92 Å². The molecule has 3 rings (SSSR count). The molecule has 0 radical (unpaired) electrons. The van der Waals surface area contributed by atoms with Crippen molar-refractivity contribution in [3.05, 3.63) is 71.8 Å².